The van der Waals surface area contributed by atoms with Crippen LogP contribution in [0.15, 0.2) is 82.9 Å². The Balaban J connectivity index is 1.64. The molecule has 0 fully saturated rings. The number of halogens is 3. The highest BCUT2D eigenvalue weighted by molar-refractivity contribution is 14.1. The quantitative estimate of drug-likeness (QED) is 0.150. The zero-order chi connectivity index (χ0) is 21.8. The van der Waals surface area contributed by atoms with E-state index in [1.165, 1.54) is 30.5 Å². The molecular formula is C23H15F2IN4O. The highest BCUT2D eigenvalue weighted by Crippen LogP contribution is 2.30. The van der Waals surface area contributed by atoms with E-state index in [4.69, 9.17) is 10.6 Å². The average Bonchev–Trinajstić information content (AvgIpc) is 2.75. The van der Waals surface area contributed by atoms with E-state index < -0.39 is 0 Å². The molecule has 3 aromatic carbocycles. The molecule has 0 saturated heterocycles. The second-order valence-corrected chi connectivity index (χ2v) is 7.72. The van der Waals surface area contributed by atoms with E-state index >= 15 is 0 Å². The molecule has 2 N–H and O–H groups in total. The Labute approximate surface area is 190 Å². The number of aliphatic imine (C=N–C) groups is 1. The number of pyridine rings is 1. The number of rotatable bonds is 5. The van der Waals surface area contributed by atoms with Crippen LogP contribution >= 0.6 is 22.6 Å². The van der Waals surface area contributed by atoms with Gasteiger partial charge in [0.15, 0.2) is 0 Å². The Morgan fingerprint density at radius 3 is 2.52 bits per heavy atom. The normalized spacial score (nSPS) is 11.9. The van der Waals surface area contributed by atoms with E-state index in [2.05, 4.69) is 15.1 Å². The van der Waals surface area contributed by atoms with Crippen LogP contribution in [0, 0.1) is 15.2 Å². The standard InChI is InChI=1S/C23H15F2IN4O/c24-14-4-6-17(7-5-14)28-13-22(30-27)21-9-8-19-20(29-21)2-1-3-23(19)31-18-11-15(25)10-16(26)12-18/h1-13H,27H2. The van der Waals surface area contributed by atoms with Gasteiger partial charge in [-0.25, -0.2) is 13.8 Å². The summed E-state index contributed by atoms with van der Waals surface area (Å²) in [5.74, 6) is 5.77. The Morgan fingerprint density at radius 2 is 1.77 bits per heavy atom. The van der Waals surface area contributed by atoms with Crippen molar-refractivity contribution in [2.24, 2.45) is 15.9 Å². The first kappa shape index (κ1) is 20.9. The van der Waals surface area contributed by atoms with Crippen molar-refractivity contribution in [3.63, 3.8) is 0 Å². The average molecular weight is 528 g/mol. The highest BCUT2D eigenvalue weighted by Gasteiger charge is 2.10. The van der Waals surface area contributed by atoms with E-state index in [-0.39, 0.29) is 11.6 Å². The first-order valence-corrected chi connectivity index (χ1v) is 10.2. The van der Waals surface area contributed by atoms with E-state index in [1.54, 1.807) is 36.4 Å². The van der Waals surface area contributed by atoms with Crippen molar-refractivity contribution in [1.29, 1.82) is 0 Å². The molecule has 0 unspecified atom stereocenters. The number of fused-ring (bicyclic) bond motifs is 1. The van der Waals surface area contributed by atoms with E-state index in [0.29, 0.717) is 34.1 Å². The SMILES string of the molecule is NN=C(C=Nc1ccc(F)cc1)c1ccc2c(Oc3cc(F)cc(I)c3)cccc2n1. The largest absolute Gasteiger partial charge is 0.457 e. The van der Waals surface area contributed by atoms with Crippen molar-refractivity contribution >= 4 is 51.1 Å². The molecule has 0 radical (unpaired) electrons. The van der Waals surface area contributed by atoms with Gasteiger partial charge in [-0.15, -0.1) is 0 Å². The van der Waals surface area contributed by atoms with Crippen molar-refractivity contribution in [2.75, 3.05) is 0 Å². The van der Waals surface area contributed by atoms with Crippen molar-refractivity contribution in [1.82, 2.24) is 4.98 Å². The maximum Gasteiger partial charge on any atom is 0.136 e. The number of nitrogens with two attached hydrogens (primary N) is 1. The first-order valence-electron chi connectivity index (χ1n) is 9.13. The van der Waals surface area contributed by atoms with Gasteiger partial charge < -0.3 is 10.6 Å². The molecule has 4 aromatic rings. The number of aromatic nitrogens is 1. The summed E-state index contributed by atoms with van der Waals surface area (Å²) in [5.41, 5.74) is 2.08. The predicted molar refractivity (Wildman–Crippen MR) is 126 cm³/mol. The van der Waals surface area contributed by atoms with Crippen molar-refractivity contribution < 1.29 is 13.5 Å². The van der Waals surface area contributed by atoms with Crippen molar-refractivity contribution in [3.05, 3.63) is 93.7 Å². The number of hydrogen-bond acceptors (Lipinski definition) is 5. The Morgan fingerprint density at radius 1 is 0.968 bits per heavy atom. The van der Waals surface area contributed by atoms with Crippen LogP contribution in [0.4, 0.5) is 14.5 Å². The molecule has 154 valence electrons. The molecule has 0 spiro atoms. The van der Waals surface area contributed by atoms with Crippen molar-refractivity contribution in [3.8, 4) is 11.5 Å². The van der Waals surface area contributed by atoms with Crippen LogP contribution in [0.1, 0.15) is 5.69 Å². The van der Waals surface area contributed by atoms with Gasteiger partial charge in [-0.05, 0) is 83.3 Å². The maximum atomic E-state index is 13.7. The smallest absolute Gasteiger partial charge is 0.136 e. The topological polar surface area (TPSA) is 72.9 Å². The molecule has 0 aliphatic heterocycles. The van der Waals surface area contributed by atoms with Gasteiger partial charge >= 0.3 is 0 Å². The van der Waals surface area contributed by atoms with Gasteiger partial charge in [0.1, 0.15) is 28.8 Å². The zero-order valence-electron chi connectivity index (χ0n) is 16.0. The molecule has 0 amide bonds. The minimum absolute atomic E-state index is 0.339. The lowest BCUT2D eigenvalue weighted by molar-refractivity contribution is 0.481. The second-order valence-electron chi connectivity index (χ2n) is 6.48. The van der Waals surface area contributed by atoms with E-state index in [9.17, 15) is 8.78 Å². The third-order valence-corrected chi connectivity index (χ3v) is 4.94. The molecule has 4 rings (SSSR count). The van der Waals surface area contributed by atoms with Gasteiger partial charge in [-0.1, -0.05) is 6.07 Å². The number of ether oxygens (including phenoxy) is 1. The van der Waals surface area contributed by atoms with Crippen LogP contribution in [0.5, 0.6) is 11.5 Å². The van der Waals surface area contributed by atoms with Crippen LogP contribution in [0.2, 0.25) is 0 Å². The maximum absolute atomic E-state index is 13.7. The van der Waals surface area contributed by atoms with Crippen molar-refractivity contribution in [2.45, 2.75) is 0 Å². The molecule has 0 aliphatic carbocycles. The fourth-order valence-electron chi connectivity index (χ4n) is 2.90. The molecule has 0 atom stereocenters. The number of hydrogen-bond donors (Lipinski definition) is 1. The van der Waals surface area contributed by atoms with Gasteiger partial charge in [-0.2, -0.15) is 5.10 Å². The Kier molecular flexibility index (Phi) is 6.17. The Bertz CT molecular complexity index is 1290. The third kappa shape index (κ3) is 5.02. The van der Waals surface area contributed by atoms with Crippen LogP contribution in [-0.4, -0.2) is 16.9 Å². The molecule has 0 saturated carbocycles. The Hall–Kier alpha value is -3.40. The molecule has 1 heterocycles. The molecule has 31 heavy (non-hydrogen) atoms. The number of nitrogens with zero attached hydrogens (tertiary/aromatic N) is 3. The number of benzene rings is 3. The van der Waals surface area contributed by atoms with Crippen LogP contribution in [-0.2, 0) is 0 Å². The zero-order valence-corrected chi connectivity index (χ0v) is 18.1. The summed E-state index contributed by atoms with van der Waals surface area (Å²) in [6.07, 6.45) is 1.47. The highest BCUT2D eigenvalue weighted by atomic mass is 127. The number of hydrazone groups is 1. The minimum atomic E-state index is -0.369. The molecule has 0 bridgehead atoms. The van der Waals surface area contributed by atoms with Crippen LogP contribution in [0.25, 0.3) is 10.9 Å². The summed E-state index contributed by atoms with van der Waals surface area (Å²) in [6, 6.07) is 19.2. The fraction of sp³-hybridized carbons (Fsp3) is 0. The van der Waals surface area contributed by atoms with Gasteiger partial charge in [-0.3, -0.25) is 4.99 Å². The molecule has 1 aromatic heterocycles. The van der Waals surface area contributed by atoms with Gasteiger partial charge in [0.25, 0.3) is 0 Å². The molecule has 0 aliphatic rings. The lowest BCUT2D eigenvalue weighted by Crippen LogP contribution is -2.08. The van der Waals surface area contributed by atoms with Gasteiger partial charge in [0.05, 0.1) is 23.1 Å². The van der Waals surface area contributed by atoms with E-state index in [0.717, 1.165) is 8.96 Å². The van der Waals surface area contributed by atoms with Crippen LogP contribution < -0.4 is 10.6 Å². The monoisotopic (exact) mass is 528 g/mol. The fourth-order valence-corrected chi connectivity index (χ4v) is 3.51. The summed E-state index contributed by atoms with van der Waals surface area (Å²) in [6.45, 7) is 0. The van der Waals surface area contributed by atoms with Gasteiger partial charge in [0, 0.05) is 15.0 Å². The summed E-state index contributed by atoms with van der Waals surface area (Å²) in [7, 11) is 0. The summed E-state index contributed by atoms with van der Waals surface area (Å²) in [4.78, 5) is 8.85. The van der Waals surface area contributed by atoms with E-state index in [1.807, 2.05) is 34.7 Å². The predicted octanol–water partition coefficient (Wildman–Crippen LogP) is 5.98. The second kappa shape index (κ2) is 9.17. The molecular weight excluding hydrogens is 513 g/mol. The lowest BCUT2D eigenvalue weighted by atomic mass is 10.1. The first-order chi connectivity index (χ1) is 15.0. The lowest BCUT2D eigenvalue weighted by Gasteiger charge is -2.10. The summed E-state index contributed by atoms with van der Waals surface area (Å²) in [5, 5.41) is 4.51. The van der Waals surface area contributed by atoms with Crippen LogP contribution in [0.3, 0.4) is 0 Å². The third-order valence-electron chi connectivity index (χ3n) is 4.32. The summed E-state index contributed by atoms with van der Waals surface area (Å²) < 4.78 is 33.4. The summed E-state index contributed by atoms with van der Waals surface area (Å²) >= 11 is 2.03. The van der Waals surface area contributed by atoms with Gasteiger partial charge in [0.2, 0.25) is 0 Å². The molecule has 5 nitrogen and oxygen atoms in total. The minimum Gasteiger partial charge on any atom is -0.457 e. The molecule has 8 heteroatoms.